The van der Waals surface area contributed by atoms with Crippen molar-refractivity contribution in [1.29, 1.82) is 0 Å². The number of hydrogen-bond donors (Lipinski definition) is 0. The first kappa shape index (κ1) is 10.3. The molecule has 4 nitrogen and oxygen atoms in total. The predicted octanol–water partition coefficient (Wildman–Crippen LogP) is 2.40. The Hall–Kier alpha value is -1.78. The molecule has 1 rings (SSSR count). The average Bonchev–Trinajstić information content (AvgIpc) is 2.17. The van der Waals surface area contributed by atoms with Crippen LogP contribution in [-0.4, -0.2) is 12.6 Å². The van der Waals surface area contributed by atoms with Crippen LogP contribution in [0, 0.1) is 10.7 Å². The lowest BCUT2D eigenvalue weighted by Gasteiger charge is -2.03. The summed E-state index contributed by atoms with van der Waals surface area (Å²) in [5.74, 6) is -1.68. The summed E-state index contributed by atoms with van der Waals surface area (Å²) in [5, 5.41) is 2.54. The molecule has 0 bridgehead atoms. The number of nitrogens with zero attached hydrogens (tertiary/aromatic N) is 1. The van der Waals surface area contributed by atoms with Gasteiger partial charge in [0.25, 0.3) is 0 Å². The Morgan fingerprint density at radius 2 is 2.29 bits per heavy atom. The lowest BCUT2D eigenvalue weighted by molar-refractivity contribution is 0.0522. The average molecular weight is 197 g/mol. The fraction of sp³-hybridized carbons (Fsp3) is 0.222. The Balaban J connectivity index is 3.16. The van der Waals surface area contributed by atoms with Gasteiger partial charge in [-0.05, 0) is 24.2 Å². The van der Waals surface area contributed by atoms with Crippen LogP contribution in [0.25, 0.3) is 0 Å². The van der Waals surface area contributed by atoms with Crippen LogP contribution in [0.2, 0.25) is 0 Å². The molecule has 14 heavy (non-hydrogen) atoms. The van der Waals surface area contributed by atoms with Gasteiger partial charge in [0.1, 0.15) is 17.1 Å². The second-order valence-corrected chi connectivity index (χ2v) is 2.45. The van der Waals surface area contributed by atoms with E-state index in [1.54, 1.807) is 6.92 Å². The van der Waals surface area contributed by atoms with Crippen LogP contribution < -0.4 is 0 Å². The smallest absolute Gasteiger partial charge is 0.343 e. The molecule has 0 aliphatic rings. The van der Waals surface area contributed by atoms with Crippen LogP contribution in [-0.2, 0) is 4.74 Å². The van der Waals surface area contributed by atoms with Crippen molar-refractivity contribution in [2.24, 2.45) is 5.18 Å². The molecule has 0 heterocycles. The third kappa shape index (κ3) is 1.93. The normalized spacial score (nSPS) is 9.57. The molecule has 0 amide bonds. The number of halogens is 1. The second-order valence-electron chi connectivity index (χ2n) is 2.45. The molecule has 0 saturated heterocycles. The van der Waals surface area contributed by atoms with Crippen LogP contribution in [0.3, 0.4) is 0 Å². The second kappa shape index (κ2) is 4.45. The highest BCUT2D eigenvalue weighted by Gasteiger charge is 2.18. The van der Waals surface area contributed by atoms with Crippen molar-refractivity contribution in [1.82, 2.24) is 0 Å². The van der Waals surface area contributed by atoms with Crippen molar-refractivity contribution >= 4 is 11.7 Å². The van der Waals surface area contributed by atoms with Gasteiger partial charge in [-0.2, -0.15) is 0 Å². The van der Waals surface area contributed by atoms with Crippen molar-refractivity contribution in [3.8, 4) is 0 Å². The highest BCUT2D eigenvalue weighted by atomic mass is 19.1. The maximum absolute atomic E-state index is 13.1. The van der Waals surface area contributed by atoms with Crippen molar-refractivity contribution < 1.29 is 13.9 Å². The Labute approximate surface area is 79.7 Å². The van der Waals surface area contributed by atoms with Crippen molar-refractivity contribution in [2.75, 3.05) is 6.61 Å². The van der Waals surface area contributed by atoms with Gasteiger partial charge in [0, 0.05) is 0 Å². The monoisotopic (exact) mass is 197 g/mol. The Morgan fingerprint density at radius 1 is 1.57 bits per heavy atom. The third-order valence-corrected chi connectivity index (χ3v) is 1.57. The number of esters is 1. The number of carbonyl (C=O) groups excluding carboxylic acids is 1. The maximum atomic E-state index is 13.1. The highest BCUT2D eigenvalue weighted by molar-refractivity contribution is 5.95. The molecule has 0 radical (unpaired) electrons. The van der Waals surface area contributed by atoms with E-state index >= 15 is 0 Å². The summed E-state index contributed by atoms with van der Waals surface area (Å²) in [5.41, 5.74) is -0.659. The molecule has 0 spiro atoms. The van der Waals surface area contributed by atoms with Gasteiger partial charge >= 0.3 is 5.97 Å². The number of carbonyl (C=O) groups is 1. The molecular weight excluding hydrogens is 189 g/mol. The van der Waals surface area contributed by atoms with Crippen LogP contribution in [0.1, 0.15) is 17.3 Å². The SMILES string of the molecule is CCOC(=O)c1c(F)cccc1N=O. The largest absolute Gasteiger partial charge is 0.462 e. The van der Waals surface area contributed by atoms with Gasteiger partial charge in [0.05, 0.1) is 6.61 Å². The summed E-state index contributed by atoms with van der Waals surface area (Å²) in [6.07, 6.45) is 0. The van der Waals surface area contributed by atoms with E-state index in [-0.39, 0.29) is 12.3 Å². The number of benzene rings is 1. The van der Waals surface area contributed by atoms with Crippen LogP contribution in [0.5, 0.6) is 0 Å². The number of rotatable bonds is 3. The Bertz CT molecular complexity index is 365. The van der Waals surface area contributed by atoms with Gasteiger partial charge in [-0.3, -0.25) is 0 Å². The first-order valence-corrected chi connectivity index (χ1v) is 3.99. The van der Waals surface area contributed by atoms with Gasteiger partial charge < -0.3 is 4.74 Å². The molecule has 0 unspecified atom stereocenters. The zero-order valence-electron chi connectivity index (χ0n) is 7.49. The summed E-state index contributed by atoms with van der Waals surface area (Å²) in [4.78, 5) is 21.4. The Kier molecular flexibility index (Phi) is 3.28. The van der Waals surface area contributed by atoms with Gasteiger partial charge in [0.2, 0.25) is 0 Å². The van der Waals surface area contributed by atoms with E-state index in [1.807, 2.05) is 0 Å². The molecule has 0 aromatic heterocycles. The van der Waals surface area contributed by atoms with E-state index in [0.717, 1.165) is 6.07 Å². The molecule has 0 aliphatic heterocycles. The van der Waals surface area contributed by atoms with E-state index < -0.39 is 17.3 Å². The summed E-state index contributed by atoms with van der Waals surface area (Å²) >= 11 is 0. The van der Waals surface area contributed by atoms with Gasteiger partial charge in [0.15, 0.2) is 0 Å². The molecule has 1 aromatic rings. The quantitative estimate of drug-likeness (QED) is 0.552. The minimum absolute atomic E-state index is 0.117. The molecule has 0 atom stereocenters. The zero-order valence-corrected chi connectivity index (χ0v) is 7.49. The van der Waals surface area contributed by atoms with Crippen LogP contribution in [0.15, 0.2) is 23.4 Å². The molecule has 5 heteroatoms. The number of nitroso groups, excluding NO2 is 1. The Morgan fingerprint density at radius 3 is 2.86 bits per heavy atom. The van der Waals surface area contributed by atoms with Gasteiger partial charge in [-0.15, -0.1) is 4.91 Å². The first-order valence-electron chi connectivity index (χ1n) is 3.99. The summed E-state index contributed by atoms with van der Waals surface area (Å²) < 4.78 is 17.7. The zero-order chi connectivity index (χ0) is 10.6. The maximum Gasteiger partial charge on any atom is 0.343 e. The molecular formula is C9H8FNO3. The van der Waals surface area contributed by atoms with Gasteiger partial charge in [-0.1, -0.05) is 6.07 Å². The van der Waals surface area contributed by atoms with Crippen LogP contribution in [0.4, 0.5) is 10.1 Å². The summed E-state index contributed by atoms with van der Waals surface area (Å²) in [6, 6.07) is 3.62. The molecule has 0 fully saturated rings. The third-order valence-electron chi connectivity index (χ3n) is 1.57. The summed E-state index contributed by atoms with van der Waals surface area (Å²) in [6.45, 7) is 1.71. The van der Waals surface area contributed by atoms with E-state index in [9.17, 15) is 14.1 Å². The fourth-order valence-corrected chi connectivity index (χ4v) is 0.994. The van der Waals surface area contributed by atoms with Gasteiger partial charge in [-0.25, -0.2) is 9.18 Å². The van der Waals surface area contributed by atoms with Crippen LogP contribution >= 0.6 is 0 Å². The van der Waals surface area contributed by atoms with Crippen molar-refractivity contribution in [3.05, 3.63) is 34.5 Å². The lowest BCUT2D eigenvalue weighted by Crippen LogP contribution is -2.07. The topological polar surface area (TPSA) is 55.7 Å². The molecule has 0 saturated carbocycles. The minimum Gasteiger partial charge on any atom is -0.462 e. The van der Waals surface area contributed by atoms with E-state index in [1.165, 1.54) is 12.1 Å². The number of ether oxygens (including phenoxy) is 1. The molecule has 0 aliphatic carbocycles. The highest BCUT2D eigenvalue weighted by Crippen LogP contribution is 2.22. The first-order chi connectivity index (χ1) is 6.70. The standard InChI is InChI=1S/C9H8FNO3/c1-2-14-9(12)8-6(10)4-3-5-7(8)11-13/h3-5H,2H2,1H3. The van der Waals surface area contributed by atoms with E-state index in [4.69, 9.17) is 0 Å². The number of hydrogen-bond acceptors (Lipinski definition) is 4. The lowest BCUT2D eigenvalue weighted by atomic mass is 10.2. The van der Waals surface area contributed by atoms with E-state index in [0.29, 0.717) is 0 Å². The molecule has 74 valence electrons. The minimum atomic E-state index is -0.875. The predicted molar refractivity (Wildman–Crippen MR) is 47.8 cm³/mol. The van der Waals surface area contributed by atoms with Crippen molar-refractivity contribution in [2.45, 2.75) is 6.92 Å². The summed E-state index contributed by atoms with van der Waals surface area (Å²) in [7, 11) is 0. The fourth-order valence-electron chi connectivity index (χ4n) is 0.994. The van der Waals surface area contributed by atoms with E-state index in [2.05, 4.69) is 9.91 Å². The van der Waals surface area contributed by atoms with Crippen molar-refractivity contribution in [3.63, 3.8) is 0 Å². The molecule has 0 N–H and O–H groups in total. The molecule has 1 aromatic carbocycles.